The van der Waals surface area contributed by atoms with Crippen molar-refractivity contribution in [2.45, 2.75) is 31.3 Å². The normalized spacial score (nSPS) is 11.4. The molecule has 0 aliphatic rings. The van der Waals surface area contributed by atoms with E-state index in [9.17, 15) is 13.2 Å². The number of rotatable bonds is 8. The van der Waals surface area contributed by atoms with E-state index in [2.05, 4.69) is 11.9 Å². The first kappa shape index (κ1) is 21.7. The lowest BCUT2D eigenvalue weighted by Gasteiger charge is -2.23. The van der Waals surface area contributed by atoms with Crippen molar-refractivity contribution in [1.29, 1.82) is 0 Å². The number of nitrogens with zero attached hydrogens (tertiary/aromatic N) is 2. The number of sulfonamides is 1. The van der Waals surface area contributed by atoms with Crippen molar-refractivity contribution >= 4 is 16.0 Å². The molecule has 0 bridgehead atoms. The zero-order chi connectivity index (χ0) is 21.6. The van der Waals surface area contributed by atoms with Crippen LogP contribution in [0.2, 0.25) is 0 Å². The highest BCUT2D eigenvalue weighted by molar-refractivity contribution is 7.89. The van der Waals surface area contributed by atoms with Gasteiger partial charge in [0.15, 0.2) is 0 Å². The third kappa shape index (κ3) is 5.11. The molecule has 2 aromatic carbocycles. The largest absolute Gasteiger partial charge is 0.465 e. The number of esters is 1. The third-order valence-electron chi connectivity index (χ3n) is 4.76. The monoisotopic (exact) mass is 424 g/mol. The van der Waals surface area contributed by atoms with Gasteiger partial charge in [-0.05, 0) is 47.4 Å². The predicted octanol–water partition coefficient (Wildman–Crippen LogP) is 3.82. The highest BCUT2D eigenvalue weighted by Crippen LogP contribution is 2.22. The SMILES string of the molecule is CCc1ccc(CN(Cc2cccnc2)S(=O)(=O)c2cccc(C(=O)OC)c2)cc1. The third-order valence-corrected chi connectivity index (χ3v) is 6.55. The van der Waals surface area contributed by atoms with Crippen molar-refractivity contribution < 1.29 is 17.9 Å². The molecule has 1 heterocycles. The number of aryl methyl sites for hydroxylation is 1. The Morgan fingerprint density at radius 2 is 1.67 bits per heavy atom. The number of aromatic nitrogens is 1. The first-order valence-electron chi connectivity index (χ1n) is 9.59. The second-order valence-electron chi connectivity index (χ2n) is 6.82. The van der Waals surface area contributed by atoms with Crippen molar-refractivity contribution in [1.82, 2.24) is 9.29 Å². The highest BCUT2D eigenvalue weighted by atomic mass is 32.2. The number of carbonyl (C=O) groups excluding carboxylic acids is 1. The Hall–Kier alpha value is -3.03. The Kier molecular flexibility index (Phi) is 6.97. The first-order chi connectivity index (χ1) is 14.4. The van der Waals surface area contributed by atoms with Gasteiger partial charge in [0, 0.05) is 25.5 Å². The summed E-state index contributed by atoms with van der Waals surface area (Å²) in [5.74, 6) is -0.582. The van der Waals surface area contributed by atoms with Crippen LogP contribution in [0, 0.1) is 0 Å². The molecular weight excluding hydrogens is 400 g/mol. The van der Waals surface area contributed by atoms with E-state index in [1.54, 1.807) is 18.5 Å². The lowest BCUT2D eigenvalue weighted by molar-refractivity contribution is 0.0600. The second-order valence-corrected chi connectivity index (χ2v) is 8.76. The van der Waals surface area contributed by atoms with Crippen LogP contribution in [-0.4, -0.2) is 30.8 Å². The summed E-state index contributed by atoms with van der Waals surface area (Å²) in [5, 5.41) is 0. The minimum Gasteiger partial charge on any atom is -0.465 e. The topological polar surface area (TPSA) is 76.6 Å². The summed E-state index contributed by atoms with van der Waals surface area (Å²) in [6.07, 6.45) is 4.21. The number of carbonyl (C=O) groups is 1. The quantitative estimate of drug-likeness (QED) is 0.514. The Balaban J connectivity index is 1.98. The van der Waals surface area contributed by atoms with E-state index in [0.29, 0.717) is 0 Å². The van der Waals surface area contributed by atoms with Crippen LogP contribution >= 0.6 is 0 Å². The minimum atomic E-state index is -3.88. The molecule has 6 nitrogen and oxygen atoms in total. The van der Waals surface area contributed by atoms with Crippen LogP contribution < -0.4 is 0 Å². The standard InChI is InChI=1S/C23H24N2O4S/c1-3-18-9-11-19(12-10-18)16-25(17-20-6-5-13-24-15-20)30(27,28)22-8-4-7-21(14-22)23(26)29-2/h4-15H,3,16-17H2,1-2H3. The van der Waals surface area contributed by atoms with Gasteiger partial charge in [-0.3, -0.25) is 4.98 Å². The van der Waals surface area contributed by atoms with Crippen LogP contribution in [0.1, 0.15) is 34.0 Å². The molecular formula is C23H24N2O4S. The van der Waals surface area contributed by atoms with Gasteiger partial charge in [0.1, 0.15) is 0 Å². The van der Waals surface area contributed by atoms with Crippen LogP contribution in [0.15, 0.2) is 78.0 Å². The van der Waals surface area contributed by atoms with Gasteiger partial charge < -0.3 is 4.74 Å². The molecule has 0 radical (unpaired) electrons. The van der Waals surface area contributed by atoms with Crippen molar-refractivity contribution in [2.24, 2.45) is 0 Å². The minimum absolute atomic E-state index is 0.0412. The van der Waals surface area contributed by atoms with E-state index in [1.165, 1.54) is 41.2 Å². The van der Waals surface area contributed by atoms with Crippen molar-refractivity contribution in [2.75, 3.05) is 7.11 Å². The van der Waals surface area contributed by atoms with E-state index < -0.39 is 16.0 Å². The maximum absolute atomic E-state index is 13.5. The summed E-state index contributed by atoms with van der Waals surface area (Å²) in [6, 6.07) is 17.4. The fourth-order valence-corrected chi connectivity index (χ4v) is 4.52. The molecule has 0 fully saturated rings. The number of hydrogen-bond donors (Lipinski definition) is 0. The molecule has 0 atom stereocenters. The Morgan fingerprint density at radius 1 is 0.967 bits per heavy atom. The lowest BCUT2D eigenvalue weighted by atomic mass is 10.1. The number of hydrogen-bond acceptors (Lipinski definition) is 5. The molecule has 7 heteroatoms. The van der Waals surface area contributed by atoms with Crippen LogP contribution in [-0.2, 0) is 34.3 Å². The molecule has 0 saturated carbocycles. The second kappa shape index (κ2) is 9.65. The number of benzene rings is 2. The fraction of sp³-hybridized carbons (Fsp3) is 0.217. The summed E-state index contributed by atoms with van der Waals surface area (Å²) in [7, 11) is -2.62. The smallest absolute Gasteiger partial charge is 0.337 e. The predicted molar refractivity (Wildman–Crippen MR) is 114 cm³/mol. The molecule has 0 aliphatic carbocycles. The number of methoxy groups -OCH3 is 1. The molecule has 0 spiro atoms. The van der Waals surface area contributed by atoms with Gasteiger partial charge in [-0.2, -0.15) is 4.31 Å². The van der Waals surface area contributed by atoms with Gasteiger partial charge in [0.25, 0.3) is 0 Å². The summed E-state index contributed by atoms with van der Waals surface area (Å²) >= 11 is 0. The van der Waals surface area contributed by atoms with Crippen molar-refractivity contribution in [3.8, 4) is 0 Å². The maximum atomic E-state index is 13.5. The summed E-state index contributed by atoms with van der Waals surface area (Å²) < 4.78 is 33.1. The number of ether oxygens (including phenoxy) is 1. The average Bonchev–Trinajstić information content (AvgIpc) is 2.79. The van der Waals surface area contributed by atoms with Crippen molar-refractivity contribution in [3.63, 3.8) is 0 Å². The van der Waals surface area contributed by atoms with E-state index in [-0.39, 0.29) is 23.5 Å². The maximum Gasteiger partial charge on any atom is 0.337 e. The van der Waals surface area contributed by atoms with Crippen LogP contribution in [0.4, 0.5) is 0 Å². The van der Waals surface area contributed by atoms with Crippen LogP contribution in [0.5, 0.6) is 0 Å². The number of pyridine rings is 1. The zero-order valence-electron chi connectivity index (χ0n) is 17.0. The first-order valence-corrected chi connectivity index (χ1v) is 11.0. The molecule has 3 rings (SSSR count). The molecule has 0 N–H and O–H groups in total. The highest BCUT2D eigenvalue weighted by Gasteiger charge is 2.26. The molecule has 0 amide bonds. The van der Waals surface area contributed by atoms with Gasteiger partial charge in [-0.25, -0.2) is 13.2 Å². The van der Waals surface area contributed by atoms with Gasteiger partial charge in [0.2, 0.25) is 10.0 Å². The van der Waals surface area contributed by atoms with Crippen molar-refractivity contribution in [3.05, 3.63) is 95.3 Å². The Bertz CT molecular complexity index is 1100. The van der Waals surface area contributed by atoms with Crippen LogP contribution in [0.25, 0.3) is 0 Å². The molecule has 30 heavy (non-hydrogen) atoms. The van der Waals surface area contributed by atoms with E-state index in [4.69, 9.17) is 4.74 Å². The zero-order valence-corrected chi connectivity index (χ0v) is 17.8. The van der Waals surface area contributed by atoms with E-state index in [1.807, 2.05) is 30.3 Å². The Labute approximate surface area is 177 Å². The average molecular weight is 425 g/mol. The molecule has 156 valence electrons. The van der Waals surface area contributed by atoms with Gasteiger partial charge in [0.05, 0.1) is 17.6 Å². The van der Waals surface area contributed by atoms with Gasteiger partial charge in [-0.1, -0.05) is 43.3 Å². The summed E-state index contributed by atoms with van der Waals surface area (Å²) in [4.78, 5) is 16.0. The van der Waals surface area contributed by atoms with E-state index >= 15 is 0 Å². The summed E-state index contributed by atoms with van der Waals surface area (Å²) in [6.45, 7) is 2.43. The molecule has 0 aliphatic heterocycles. The molecule has 0 unspecified atom stereocenters. The fourth-order valence-electron chi connectivity index (χ4n) is 3.06. The Morgan fingerprint density at radius 3 is 2.30 bits per heavy atom. The molecule has 3 aromatic rings. The van der Waals surface area contributed by atoms with Gasteiger partial charge in [-0.15, -0.1) is 0 Å². The lowest BCUT2D eigenvalue weighted by Crippen LogP contribution is -2.30. The van der Waals surface area contributed by atoms with E-state index in [0.717, 1.165) is 17.5 Å². The molecule has 0 saturated heterocycles. The van der Waals surface area contributed by atoms with Gasteiger partial charge >= 0.3 is 5.97 Å². The summed E-state index contributed by atoms with van der Waals surface area (Å²) in [5.41, 5.74) is 3.03. The molecule has 1 aromatic heterocycles. The van der Waals surface area contributed by atoms with Crippen LogP contribution in [0.3, 0.4) is 0 Å².